The predicted molar refractivity (Wildman–Crippen MR) is 85.8 cm³/mol. The second-order valence-electron chi connectivity index (χ2n) is 5.71. The van der Waals surface area contributed by atoms with Gasteiger partial charge in [-0.25, -0.2) is 0 Å². The molecule has 2 aromatic carbocycles. The van der Waals surface area contributed by atoms with Crippen molar-refractivity contribution in [3.63, 3.8) is 0 Å². The minimum atomic E-state index is -4.59. The molecule has 138 valence electrons. The van der Waals surface area contributed by atoms with Crippen LogP contribution >= 0.6 is 0 Å². The quantitative estimate of drug-likeness (QED) is 0.872. The number of benzene rings is 2. The highest BCUT2D eigenvalue weighted by Gasteiger charge is 2.35. The number of nitrogens with one attached hydrogen (secondary N) is 1. The summed E-state index contributed by atoms with van der Waals surface area (Å²) in [5.41, 5.74) is -1.24. The summed E-state index contributed by atoms with van der Waals surface area (Å²) in [5, 5.41) is 12.5. The molecule has 0 fully saturated rings. The van der Waals surface area contributed by atoms with E-state index in [4.69, 9.17) is 9.47 Å². The third-order valence-corrected chi connectivity index (χ3v) is 3.90. The Kier molecular flexibility index (Phi) is 5.03. The summed E-state index contributed by atoms with van der Waals surface area (Å²) in [6, 6.07) is 11.5. The number of carbonyl (C=O) groups excluding carboxylic acids is 1. The fourth-order valence-electron chi connectivity index (χ4n) is 2.62. The summed E-state index contributed by atoms with van der Waals surface area (Å²) >= 11 is 0. The fraction of sp³-hybridized carbons (Fsp3) is 0.278. The molecule has 2 aromatic rings. The Morgan fingerprint density at radius 2 is 1.81 bits per heavy atom. The lowest BCUT2D eigenvalue weighted by atomic mass is 10.0. The minimum absolute atomic E-state index is 0.0297. The number of amides is 1. The highest BCUT2D eigenvalue weighted by Crippen LogP contribution is 2.34. The minimum Gasteiger partial charge on any atom is -0.485 e. The van der Waals surface area contributed by atoms with Crippen LogP contribution < -0.4 is 14.8 Å². The monoisotopic (exact) mass is 367 g/mol. The molecule has 2 atom stereocenters. The van der Waals surface area contributed by atoms with E-state index < -0.39 is 29.9 Å². The van der Waals surface area contributed by atoms with Gasteiger partial charge in [-0.05, 0) is 23.8 Å². The first kappa shape index (κ1) is 18.1. The van der Waals surface area contributed by atoms with Crippen LogP contribution in [0.15, 0.2) is 48.5 Å². The normalized spacial score (nSPS) is 17.5. The maximum absolute atomic E-state index is 13.0. The first-order valence-corrected chi connectivity index (χ1v) is 7.86. The number of aliphatic hydroxyl groups excluding tert-OH is 1. The summed E-state index contributed by atoms with van der Waals surface area (Å²) in [4.78, 5) is 12.2. The van der Waals surface area contributed by atoms with Crippen LogP contribution in [-0.4, -0.2) is 30.3 Å². The van der Waals surface area contributed by atoms with Gasteiger partial charge in [-0.15, -0.1) is 0 Å². The number of ether oxygens (including phenoxy) is 2. The molecule has 0 radical (unpaired) electrons. The van der Waals surface area contributed by atoms with Gasteiger partial charge in [0.15, 0.2) is 11.5 Å². The lowest BCUT2D eigenvalue weighted by Gasteiger charge is -2.26. The topological polar surface area (TPSA) is 67.8 Å². The number of hydrogen-bond donors (Lipinski definition) is 2. The lowest BCUT2D eigenvalue weighted by Crippen LogP contribution is -2.45. The smallest absolute Gasteiger partial charge is 0.416 e. The number of para-hydroxylation sites is 2. The van der Waals surface area contributed by atoms with Gasteiger partial charge in [0.05, 0.1) is 11.7 Å². The number of halogens is 3. The number of carbonyl (C=O) groups is 1. The maximum atomic E-state index is 13.0. The van der Waals surface area contributed by atoms with Crippen molar-refractivity contribution in [2.75, 3.05) is 13.2 Å². The predicted octanol–water partition coefficient (Wildman–Crippen LogP) is 2.70. The Morgan fingerprint density at radius 3 is 2.54 bits per heavy atom. The summed E-state index contributed by atoms with van der Waals surface area (Å²) in [7, 11) is 0. The molecule has 0 unspecified atom stereocenters. The van der Waals surface area contributed by atoms with Crippen LogP contribution in [0.2, 0.25) is 0 Å². The van der Waals surface area contributed by atoms with Crippen LogP contribution in [0.4, 0.5) is 13.2 Å². The first-order chi connectivity index (χ1) is 12.4. The van der Waals surface area contributed by atoms with Crippen LogP contribution in [0, 0.1) is 0 Å². The molecular formula is C18H16F3NO4. The molecule has 0 aromatic heterocycles. The zero-order valence-corrected chi connectivity index (χ0v) is 13.5. The van der Waals surface area contributed by atoms with Gasteiger partial charge in [0.2, 0.25) is 6.10 Å². The van der Waals surface area contributed by atoms with E-state index in [9.17, 15) is 23.1 Å². The molecular weight excluding hydrogens is 351 g/mol. The summed E-state index contributed by atoms with van der Waals surface area (Å²) < 4.78 is 49.9. The Hall–Kier alpha value is -2.74. The molecule has 0 spiro atoms. The van der Waals surface area contributed by atoms with Crippen LogP contribution in [-0.2, 0) is 11.0 Å². The number of aliphatic hydroxyl groups is 1. The highest BCUT2D eigenvalue weighted by molar-refractivity contribution is 5.81. The number of rotatable bonds is 4. The molecule has 1 heterocycles. The summed E-state index contributed by atoms with van der Waals surface area (Å²) in [6.07, 6.45) is -7.05. The second-order valence-corrected chi connectivity index (χ2v) is 5.71. The van der Waals surface area contributed by atoms with Gasteiger partial charge in [0.1, 0.15) is 6.61 Å². The second kappa shape index (κ2) is 7.25. The van der Waals surface area contributed by atoms with E-state index >= 15 is 0 Å². The van der Waals surface area contributed by atoms with Crippen molar-refractivity contribution in [2.24, 2.45) is 0 Å². The SMILES string of the molecule is O=C(NC[C@@H](O)c1ccccc1C(F)(F)F)[C@H]1COc2ccccc2O1. The number of fused-ring (bicyclic) bond motifs is 1. The van der Waals surface area contributed by atoms with E-state index in [1.54, 1.807) is 24.3 Å². The van der Waals surface area contributed by atoms with Crippen molar-refractivity contribution in [2.45, 2.75) is 18.4 Å². The number of hydrogen-bond acceptors (Lipinski definition) is 4. The average Bonchev–Trinajstić information content (AvgIpc) is 2.64. The van der Waals surface area contributed by atoms with E-state index in [1.807, 2.05) is 0 Å². The average molecular weight is 367 g/mol. The van der Waals surface area contributed by atoms with Gasteiger partial charge in [0, 0.05) is 6.54 Å². The third kappa shape index (κ3) is 3.91. The zero-order valence-electron chi connectivity index (χ0n) is 13.5. The van der Waals surface area contributed by atoms with Crippen LogP contribution in [0.1, 0.15) is 17.2 Å². The van der Waals surface area contributed by atoms with Crippen molar-refractivity contribution in [3.8, 4) is 11.5 Å². The standard InChI is InChI=1S/C18H16F3NO4/c19-18(20,21)12-6-2-1-5-11(12)13(23)9-22-17(24)16-10-25-14-7-3-4-8-15(14)26-16/h1-8,13,16,23H,9-10H2,(H,22,24)/t13-,16-/m1/s1. The van der Waals surface area contributed by atoms with Crippen molar-refractivity contribution >= 4 is 5.91 Å². The van der Waals surface area contributed by atoms with E-state index in [2.05, 4.69) is 5.32 Å². The molecule has 0 bridgehead atoms. The van der Waals surface area contributed by atoms with Gasteiger partial charge in [-0.1, -0.05) is 30.3 Å². The largest absolute Gasteiger partial charge is 0.485 e. The molecule has 1 aliphatic rings. The van der Waals surface area contributed by atoms with Crippen molar-refractivity contribution in [1.82, 2.24) is 5.32 Å². The van der Waals surface area contributed by atoms with Crippen molar-refractivity contribution in [3.05, 3.63) is 59.7 Å². The van der Waals surface area contributed by atoms with Crippen LogP contribution in [0.3, 0.4) is 0 Å². The molecule has 2 N–H and O–H groups in total. The van der Waals surface area contributed by atoms with E-state index in [-0.39, 0.29) is 18.7 Å². The van der Waals surface area contributed by atoms with Gasteiger partial charge in [-0.2, -0.15) is 13.2 Å². The lowest BCUT2D eigenvalue weighted by molar-refractivity contribution is -0.139. The summed E-state index contributed by atoms with van der Waals surface area (Å²) in [5.74, 6) is 0.334. The highest BCUT2D eigenvalue weighted by atomic mass is 19.4. The Bertz CT molecular complexity index is 794. The molecule has 0 aliphatic carbocycles. The third-order valence-electron chi connectivity index (χ3n) is 3.90. The van der Waals surface area contributed by atoms with Crippen molar-refractivity contribution < 1.29 is 32.5 Å². The number of alkyl halides is 3. The molecule has 1 aliphatic heterocycles. The Balaban J connectivity index is 1.62. The Morgan fingerprint density at radius 1 is 1.15 bits per heavy atom. The molecule has 0 saturated heterocycles. The molecule has 1 amide bonds. The van der Waals surface area contributed by atoms with E-state index in [1.165, 1.54) is 18.2 Å². The first-order valence-electron chi connectivity index (χ1n) is 7.86. The zero-order chi connectivity index (χ0) is 18.7. The van der Waals surface area contributed by atoms with E-state index in [0.717, 1.165) is 6.07 Å². The molecule has 8 heteroatoms. The van der Waals surface area contributed by atoms with Gasteiger partial charge >= 0.3 is 6.18 Å². The fourth-order valence-corrected chi connectivity index (χ4v) is 2.62. The van der Waals surface area contributed by atoms with Gasteiger partial charge in [-0.3, -0.25) is 4.79 Å². The Labute approximate surface area is 147 Å². The molecule has 3 rings (SSSR count). The van der Waals surface area contributed by atoms with E-state index in [0.29, 0.717) is 11.5 Å². The molecule has 26 heavy (non-hydrogen) atoms. The van der Waals surface area contributed by atoms with Crippen LogP contribution in [0.25, 0.3) is 0 Å². The maximum Gasteiger partial charge on any atom is 0.416 e. The van der Waals surface area contributed by atoms with Crippen molar-refractivity contribution in [1.29, 1.82) is 0 Å². The van der Waals surface area contributed by atoms with Gasteiger partial charge < -0.3 is 19.9 Å². The molecule has 5 nitrogen and oxygen atoms in total. The van der Waals surface area contributed by atoms with Gasteiger partial charge in [0.25, 0.3) is 5.91 Å². The van der Waals surface area contributed by atoms with Crippen LogP contribution in [0.5, 0.6) is 11.5 Å². The molecule has 0 saturated carbocycles. The summed E-state index contributed by atoms with van der Waals surface area (Å²) in [6.45, 7) is -0.411.